The number of pyridine rings is 1. The molecule has 6 N–H and O–H groups in total. The third kappa shape index (κ3) is 8.96. The number of rotatable bonds is 12. The van der Waals surface area contributed by atoms with E-state index in [0.717, 1.165) is 22.5 Å². The van der Waals surface area contributed by atoms with E-state index >= 15 is 0 Å². The quantitative estimate of drug-likeness (QED) is 0.206. The number of thiophene rings is 1. The minimum Gasteiger partial charge on any atom is -0.465 e. The van der Waals surface area contributed by atoms with Crippen LogP contribution in [0.15, 0.2) is 42.5 Å². The van der Waals surface area contributed by atoms with Crippen LogP contribution >= 0.6 is 11.3 Å². The number of carboxylic acid groups (broad SMARTS) is 1. The van der Waals surface area contributed by atoms with E-state index in [-0.39, 0.29) is 46.5 Å². The Bertz CT molecular complexity index is 1570. The Kier molecular flexibility index (Phi) is 9.68. The molecule has 2 aromatic heterocycles. The van der Waals surface area contributed by atoms with Gasteiger partial charge in [0.1, 0.15) is 33.0 Å². The molecule has 3 amide bonds. The van der Waals surface area contributed by atoms with Crippen molar-refractivity contribution in [3.05, 3.63) is 65.1 Å². The zero-order valence-electron chi connectivity index (χ0n) is 22.5. The normalized spacial score (nSPS) is 11.6. The molecule has 15 heteroatoms. The molecule has 3 aromatic rings. The Balaban J connectivity index is 1.79. The van der Waals surface area contributed by atoms with E-state index in [0.29, 0.717) is 10.4 Å². The molecular weight excluding hydrogens is 577 g/mol. The SMILES string of the molecule is CC(C)(O)c1ccc(-c2cc(C(N)=O)c(Nc3cccc(CN(CC(=O)NCCS(C)(=O)=O)C(=O)O)n3)s2)c(F)c1. The Hall–Kier alpha value is -4.08. The smallest absolute Gasteiger partial charge is 0.408 e. The zero-order valence-corrected chi connectivity index (χ0v) is 24.1. The number of hydrogen-bond donors (Lipinski definition) is 5. The highest BCUT2D eigenvalue weighted by molar-refractivity contribution is 7.90. The molecule has 41 heavy (non-hydrogen) atoms. The molecule has 0 radical (unpaired) electrons. The predicted molar refractivity (Wildman–Crippen MR) is 152 cm³/mol. The van der Waals surface area contributed by atoms with E-state index in [1.54, 1.807) is 18.2 Å². The molecule has 0 aliphatic carbocycles. The minimum absolute atomic E-state index is 0.0843. The van der Waals surface area contributed by atoms with Crippen molar-refractivity contribution >= 4 is 49.9 Å². The number of anilines is 2. The number of primary amides is 1. The molecule has 0 fully saturated rings. The van der Waals surface area contributed by atoms with Crippen LogP contribution in [0, 0.1) is 5.82 Å². The van der Waals surface area contributed by atoms with Gasteiger partial charge in [-0.3, -0.25) is 14.5 Å². The Labute approximate surface area is 239 Å². The summed E-state index contributed by atoms with van der Waals surface area (Å²) in [4.78, 5) is 41.6. The number of nitrogens with one attached hydrogen (secondary N) is 2. The van der Waals surface area contributed by atoms with E-state index in [1.165, 1.54) is 38.1 Å². The molecular formula is C26H30FN5O7S2. The Morgan fingerprint density at radius 1 is 1.17 bits per heavy atom. The standard InChI is InChI=1S/C26H30FN5O7S2/c1-26(2,37)15-7-8-17(19(27)11-15)20-12-18(23(28)34)24(40-20)31-21-6-4-5-16(30-21)13-32(25(35)36)14-22(33)29-9-10-41(3,38)39/h4-8,11-12,37H,9-10,13-14H2,1-3H3,(H2,28,34)(H,29,33)(H,30,31)(H,35,36). The summed E-state index contributed by atoms with van der Waals surface area (Å²) < 4.78 is 37.4. The first-order valence-electron chi connectivity index (χ1n) is 12.1. The van der Waals surface area contributed by atoms with E-state index in [1.807, 2.05) is 0 Å². The first-order chi connectivity index (χ1) is 19.0. The monoisotopic (exact) mass is 607 g/mol. The van der Waals surface area contributed by atoms with E-state index in [9.17, 15) is 37.4 Å². The van der Waals surface area contributed by atoms with Gasteiger partial charge < -0.3 is 26.6 Å². The molecule has 0 unspecified atom stereocenters. The van der Waals surface area contributed by atoms with Crippen LogP contribution in [0.25, 0.3) is 10.4 Å². The largest absolute Gasteiger partial charge is 0.465 e. The number of halogens is 1. The van der Waals surface area contributed by atoms with Crippen molar-refractivity contribution in [2.75, 3.05) is 30.4 Å². The van der Waals surface area contributed by atoms with E-state index in [4.69, 9.17) is 5.73 Å². The molecule has 0 aliphatic rings. The van der Waals surface area contributed by atoms with Gasteiger partial charge >= 0.3 is 6.09 Å². The number of amides is 3. The fraction of sp³-hybridized carbons (Fsp3) is 0.308. The molecule has 3 rings (SSSR count). The maximum atomic E-state index is 14.9. The number of nitrogens with zero attached hydrogens (tertiary/aromatic N) is 2. The molecule has 1 aromatic carbocycles. The second-order valence-corrected chi connectivity index (χ2v) is 13.0. The van der Waals surface area contributed by atoms with Gasteiger partial charge in [-0.15, -0.1) is 11.3 Å². The molecule has 0 bridgehead atoms. The summed E-state index contributed by atoms with van der Waals surface area (Å²) in [7, 11) is -3.29. The van der Waals surface area contributed by atoms with Gasteiger partial charge in [0.25, 0.3) is 5.91 Å². The van der Waals surface area contributed by atoms with Gasteiger partial charge in [0, 0.05) is 23.2 Å². The maximum Gasteiger partial charge on any atom is 0.408 e. The topological polar surface area (TPSA) is 192 Å². The predicted octanol–water partition coefficient (Wildman–Crippen LogP) is 2.66. The second-order valence-electron chi connectivity index (χ2n) is 9.73. The molecule has 0 atom stereocenters. The van der Waals surface area contributed by atoms with Crippen molar-refractivity contribution in [3.8, 4) is 10.4 Å². The number of hydrogen-bond acceptors (Lipinski definition) is 9. The van der Waals surface area contributed by atoms with Crippen molar-refractivity contribution < 1.29 is 37.4 Å². The summed E-state index contributed by atoms with van der Waals surface area (Å²) in [5.74, 6) is -2.08. The first kappa shape index (κ1) is 31.4. The van der Waals surface area contributed by atoms with Crippen molar-refractivity contribution in [3.63, 3.8) is 0 Å². The number of carbonyl (C=O) groups is 3. The van der Waals surface area contributed by atoms with Crippen LogP contribution in [0.3, 0.4) is 0 Å². The fourth-order valence-corrected chi connectivity index (χ4v) is 5.21. The molecule has 0 saturated heterocycles. The van der Waals surface area contributed by atoms with Crippen molar-refractivity contribution in [1.82, 2.24) is 15.2 Å². The second kappa shape index (κ2) is 12.6. The molecule has 2 heterocycles. The zero-order chi connectivity index (χ0) is 30.5. The van der Waals surface area contributed by atoms with Gasteiger partial charge in [0.05, 0.1) is 29.2 Å². The fourth-order valence-electron chi connectivity index (χ4n) is 3.64. The highest BCUT2D eigenvalue weighted by Gasteiger charge is 2.22. The van der Waals surface area contributed by atoms with Crippen molar-refractivity contribution in [1.29, 1.82) is 0 Å². The van der Waals surface area contributed by atoms with Gasteiger partial charge in [0.2, 0.25) is 5.91 Å². The molecule has 220 valence electrons. The third-order valence-electron chi connectivity index (χ3n) is 5.74. The summed E-state index contributed by atoms with van der Waals surface area (Å²) in [6, 6.07) is 10.4. The molecule has 0 aliphatic heterocycles. The van der Waals surface area contributed by atoms with Crippen LogP contribution in [0.1, 0.15) is 35.5 Å². The van der Waals surface area contributed by atoms with Crippen LogP contribution in [-0.4, -0.2) is 71.5 Å². The first-order valence-corrected chi connectivity index (χ1v) is 15.0. The summed E-state index contributed by atoms with van der Waals surface area (Å²) >= 11 is 1.05. The van der Waals surface area contributed by atoms with Crippen molar-refractivity contribution in [2.24, 2.45) is 5.73 Å². The lowest BCUT2D eigenvalue weighted by Gasteiger charge is -2.18. The number of sulfone groups is 1. The van der Waals surface area contributed by atoms with Crippen LogP contribution in [-0.2, 0) is 26.8 Å². The summed E-state index contributed by atoms with van der Waals surface area (Å²) in [5.41, 5.74) is 5.25. The van der Waals surface area contributed by atoms with Gasteiger partial charge in [-0.2, -0.15) is 0 Å². The Morgan fingerprint density at radius 3 is 2.46 bits per heavy atom. The van der Waals surface area contributed by atoms with Gasteiger partial charge in [-0.25, -0.2) is 22.6 Å². The van der Waals surface area contributed by atoms with E-state index in [2.05, 4.69) is 15.6 Å². The summed E-state index contributed by atoms with van der Waals surface area (Å²) in [5, 5.41) is 25.3. The van der Waals surface area contributed by atoms with Crippen LogP contribution in [0.5, 0.6) is 0 Å². The number of nitrogens with two attached hydrogens (primary N) is 1. The van der Waals surface area contributed by atoms with Crippen molar-refractivity contribution in [2.45, 2.75) is 26.0 Å². The Morgan fingerprint density at radius 2 is 1.88 bits per heavy atom. The molecule has 0 spiro atoms. The maximum absolute atomic E-state index is 14.9. The highest BCUT2D eigenvalue weighted by Crippen LogP contribution is 2.38. The highest BCUT2D eigenvalue weighted by atomic mass is 32.2. The lowest BCUT2D eigenvalue weighted by molar-refractivity contribution is -0.121. The minimum atomic E-state index is -3.29. The lowest BCUT2D eigenvalue weighted by Crippen LogP contribution is -2.41. The summed E-state index contributed by atoms with van der Waals surface area (Å²) in [6.07, 6.45) is -0.368. The van der Waals surface area contributed by atoms with Gasteiger partial charge in [-0.05, 0) is 43.7 Å². The van der Waals surface area contributed by atoms with Gasteiger partial charge in [0.15, 0.2) is 0 Å². The molecule has 12 nitrogen and oxygen atoms in total. The number of aromatic nitrogens is 1. The van der Waals surface area contributed by atoms with E-state index < -0.39 is 45.7 Å². The average molecular weight is 608 g/mol. The molecule has 0 saturated carbocycles. The number of carbonyl (C=O) groups excluding carboxylic acids is 2. The van der Waals surface area contributed by atoms with Crippen LogP contribution < -0.4 is 16.4 Å². The summed E-state index contributed by atoms with van der Waals surface area (Å²) in [6.45, 7) is 2.11. The number of benzene rings is 1. The third-order valence-corrected chi connectivity index (χ3v) is 7.77. The van der Waals surface area contributed by atoms with Crippen LogP contribution in [0.2, 0.25) is 0 Å². The number of aliphatic hydroxyl groups is 1. The van der Waals surface area contributed by atoms with Crippen LogP contribution in [0.4, 0.5) is 20.0 Å². The average Bonchev–Trinajstić information content (AvgIpc) is 3.26. The van der Waals surface area contributed by atoms with Gasteiger partial charge in [-0.1, -0.05) is 18.2 Å². The lowest BCUT2D eigenvalue weighted by atomic mass is 9.96.